The smallest absolute Gasteiger partial charge is 0.265 e. The van der Waals surface area contributed by atoms with E-state index in [9.17, 15) is 17.6 Å². The minimum absolute atomic E-state index is 0.0114. The van der Waals surface area contributed by atoms with Crippen LogP contribution in [0.4, 0.5) is 4.39 Å². The number of aryl methyl sites for hydroxylation is 1. The van der Waals surface area contributed by atoms with Gasteiger partial charge in [-0.2, -0.15) is 4.31 Å². The van der Waals surface area contributed by atoms with Crippen LogP contribution in [0.1, 0.15) is 10.5 Å². The quantitative estimate of drug-likeness (QED) is 0.800. The molecule has 0 atom stereocenters. The summed E-state index contributed by atoms with van der Waals surface area (Å²) in [6, 6.07) is 7.08. The van der Waals surface area contributed by atoms with Gasteiger partial charge in [0.05, 0.1) is 0 Å². The SMILES string of the molecule is CN(CCOc1ccccc1F)S(=O)(=O)c1cc(C(N)=O)n(C)c1. The molecule has 2 N–H and O–H groups in total. The number of amides is 1. The summed E-state index contributed by atoms with van der Waals surface area (Å²) in [5.74, 6) is -1.18. The van der Waals surface area contributed by atoms with E-state index in [1.54, 1.807) is 6.07 Å². The highest BCUT2D eigenvalue weighted by molar-refractivity contribution is 7.89. The fourth-order valence-corrected chi connectivity index (χ4v) is 3.29. The number of rotatable bonds is 7. The molecule has 130 valence electrons. The van der Waals surface area contributed by atoms with E-state index in [2.05, 4.69) is 0 Å². The van der Waals surface area contributed by atoms with Crippen molar-refractivity contribution in [3.8, 4) is 5.75 Å². The fourth-order valence-electron chi connectivity index (χ4n) is 2.07. The maximum atomic E-state index is 13.4. The summed E-state index contributed by atoms with van der Waals surface area (Å²) in [5, 5.41) is 0. The number of benzene rings is 1. The van der Waals surface area contributed by atoms with E-state index < -0.39 is 21.7 Å². The molecule has 0 saturated heterocycles. The number of primary amides is 1. The van der Waals surface area contributed by atoms with Crippen LogP contribution in [0.15, 0.2) is 41.4 Å². The number of likely N-dealkylation sites (N-methyl/N-ethyl adjacent to an activating group) is 1. The zero-order valence-corrected chi connectivity index (χ0v) is 14.1. The number of para-hydroxylation sites is 1. The maximum Gasteiger partial charge on any atom is 0.265 e. The lowest BCUT2D eigenvalue weighted by Gasteiger charge is -2.16. The average Bonchev–Trinajstić information content (AvgIpc) is 2.92. The molecule has 2 aromatic rings. The molecule has 0 unspecified atom stereocenters. The predicted molar refractivity (Wildman–Crippen MR) is 85.6 cm³/mol. The average molecular weight is 355 g/mol. The van der Waals surface area contributed by atoms with Crippen LogP contribution in [0, 0.1) is 5.82 Å². The van der Waals surface area contributed by atoms with Crippen molar-refractivity contribution in [1.82, 2.24) is 8.87 Å². The highest BCUT2D eigenvalue weighted by Gasteiger charge is 2.24. The first-order chi connectivity index (χ1) is 11.2. The van der Waals surface area contributed by atoms with Crippen molar-refractivity contribution >= 4 is 15.9 Å². The molecule has 0 radical (unpaired) electrons. The Labute approximate surface area is 139 Å². The molecule has 0 bridgehead atoms. The molecule has 24 heavy (non-hydrogen) atoms. The number of halogens is 1. The summed E-state index contributed by atoms with van der Waals surface area (Å²) in [6.45, 7) is -0.0103. The first-order valence-corrected chi connectivity index (χ1v) is 8.47. The van der Waals surface area contributed by atoms with Gasteiger partial charge in [-0.25, -0.2) is 12.8 Å². The van der Waals surface area contributed by atoms with Crippen LogP contribution < -0.4 is 10.5 Å². The maximum absolute atomic E-state index is 13.4. The van der Waals surface area contributed by atoms with Gasteiger partial charge in [-0.3, -0.25) is 4.79 Å². The first-order valence-electron chi connectivity index (χ1n) is 7.03. The number of carbonyl (C=O) groups is 1. The Balaban J connectivity index is 2.05. The zero-order chi connectivity index (χ0) is 17.9. The van der Waals surface area contributed by atoms with Crippen molar-refractivity contribution in [2.75, 3.05) is 20.2 Å². The predicted octanol–water partition coefficient (Wildman–Crippen LogP) is 0.963. The third-order valence-electron chi connectivity index (χ3n) is 3.44. The molecule has 1 heterocycles. The summed E-state index contributed by atoms with van der Waals surface area (Å²) < 4.78 is 46.0. The van der Waals surface area contributed by atoms with Gasteiger partial charge >= 0.3 is 0 Å². The molecule has 1 aromatic carbocycles. The number of hydrogen-bond donors (Lipinski definition) is 1. The number of nitrogens with two attached hydrogens (primary N) is 1. The van der Waals surface area contributed by atoms with E-state index in [1.165, 1.54) is 49.1 Å². The van der Waals surface area contributed by atoms with Crippen LogP contribution in [-0.2, 0) is 17.1 Å². The van der Waals surface area contributed by atoms with Crippen molar-refractivity contribution in [3.05, 3.63) is 48.0 Å². The van der Waals surface area contributed by atoms with Crippen LogP contribution in [-0.4, -0.2) is 43.4 Å². The second kappa shape index (κ2) is 7.02. The number of hydrogen-bond acceptors (Lipinski definition) is 4. The molecule has 1 aromatic heterocycles. The molecule has 0 aliphatic heterocycles. The minimum atomic E-state index is -3.81. The molecule has 7 nitrogen and oxygen atoms in total. The van der Waals surface area contributed by atoms with Crippen LogP contribution in [0.2, 0.25) is 0 Å². The Kier molecular flexibility index (Phi) is 5.25. The van der Waals surface area contributed by atoms with Gasteiger partial charge in [0.15, 0.2) is 11.6 Å². The molecular weight excluding hydrogens is 337 g/mol. The van der Waals surface area contributed by atoms with E-state index in [0.29, 0.717) is 0 Å². The molecule has 0 saturated carbocycles. The zero-order valence-electron chi connectivity index (χ0n) is 13.3. The summed E-state index contributed by atoms with van der Waals surface area (Å²) >= 11 is 0. The highest BCUT2D eigenvalue weighted by atomic mass is 32.2. The van der Waals surface area contributed by atoms with Crippen molar-refractivity contribution in [2.24, 2.45) is 12.8 Å². The summed E-state index contributed by atoms with van der Waals surface area (Å²) in [6.07, 6.45) is 1.31. The number of nitrogens with zero attached hydrogens (tertiary/aromatic N) is 2. The molecule has 0 spiro atoms. The van der Waals surface area contributed by atoms with Gasteiger partial charge in [-0.1, -0.05) is 12.1 Å². The molecular formula is C15H18FN3O4S. The van der Waals surface area contributed by atoms with Gasteiger partial charge in [-0.15, -0.1) is 0 Å². The molecule has 0 fully saturated rings. The highest BCUT2D eigenvalue weighted by Crippen LogP contribution is 2.18. The third-order valence-corrected chi connectivity index (χ3v) is 5.26. The number of carbonyl (C=O) groups excluding carboxylic acids is 1. The van der Waals surface area contributed by atoms with Crippen molar-refractivity contribution in [2.45, 2.75) is 4.90 Å². The van der Waals surface area contributed by atoms with Crippen molar-refractivity contribution in [1.29, 1.82) is 0 Å². The van der Waals surface area contributed by atoms with E-state index in [-0.39, 0.29) is 29.5 Å². The normalized spacial score (nSPS) is 11.7. The van der Waals surface area contributed by atoms with E-state index >= 15 is 0 Å². The number of aromatic nitrogens is 1. The largest absolute Gasteiger partial charge is 0.489 e. The lowest BCUT2D eigenvalue weighted by molar-refractivity contribution is 0.0992. The van der Waals surface area contributed by atoms with Crippen molar-refractivity contribution < 1.29 is 22.3 Å². The summed E-state index contributed by atoms with van der Waals surface area (Å²) in [7, 11) is -0.908. The lowest BCUT2D eigenvalue weighted by Crippen LogP contribution is -2.30. The van der Waals surface area contributed by atoms with Gasteiger partial charge in [-0.05, 0) is 18.2 Å². The van der Waals surface area contributed by atoms with Crippen LogP contribution >= 0.6 is 0 Å². The van der Waals surface area contributed by atoms with Gasteiger partial charge in [0.25, 0.3) is 5.91 Å². The Hall–Kier alpha value is -2.39. The molecule has 2 rings (SSSR count). The third kappa shape index (κ3) is 3.74. The van der Waals surface area contributed by atoms with E-state index in [0.717, 1.165) is 4.31 Å². The lowest BCUT2D eigenvalue weighted by atomic mass is 10.3. The standard InChI is InChI=1S/C15H18FN3O4S/c1-18-10-11(9-13(18)15(17)20)24(21,22)19(2)7-8-23-14-6-4-3-5-12(14)16/h3-6,9-10H,7-8H2,1-2H3,(H2,17,20). The molecule has 9 heteroatoms. The first kappa shape index (κ1) is 18.0. The Morgan fingerprint density at radius 1 is 1.38 bits per heavy atom. The van der Waals surface area contributed by atoms with Crippen LogP contribution in [0.5, 0.6) is 5.75 Å². The minimum Gasteiger partial charge on any atom is -0.489 e. The van der Waals surface area contributed by atoms with Gasteiger partial charge in [0.2, 0.25) is 10.0 Å². The van der Waals surface area contributed by atoms with Gasteiger partial charge < -0.3 is 15.0 Å². The molecule has 0 aliphatic carbocycles. The van der Waals surface area contributed by atoms with E-state index in [4.69, 9.17) is 10.5 Å². The molecule has 1 amide bonds. The molecule has 0 aliphatic rings. The van der Waals surface area contributed by atoms with E-state index in [1.807, 2.05) is 0 Å². The Morgan fingerprint density at radius 3 is 2.62 bits per heavy atom. The Morgan fingerprint density at radius 2 is 2.04 bits per heavy atom. The van der Waals surface area contributed by atoms with Gasteiger partial charge in [0.1, 0.15) is 17.2 Å². The topological polar surface area (TPSA) is 94.6 Å². The second-order valence-electron chi connectivity index (χ2n) is 5.14. The van der Waals surface area contributed by atoms with Crippen LogP contribution in [0.3, 0.4) is 0 Å². The van der Waals surface area contributed by atoms with Crippen molar-refractivity contribution in [3.63, 3.8) is 0 Å². The number of sulfonamides is 1. The Bertz CT molecular complexity index is 848. The second-order valence-corrected chi connectivity index (χ2v) is 7.19. The monoisotopic (exact) mass is 355 g/mol. The fraction of sp³-hybridized carbons (Fsp3) is 0.267. The van der Waals surface area contributed by atoms with Gasteiger partial charge in [0, 0.05) is 26.8 Å². The van der Waals surface area contributed by atoms with Crippen LogP contribution in [0.25, 0.3) is 0 Å². The number of ether oxygens (including phenoxy) is 1. The summed E-state index contributed by atoms with van der Waals surface area (Å²) in [5.41, 5.74) is 5.27. The summed E-state index contributed by atoms with van der Waals surface area (Å²) in [4.78, 5) is 11.2.